The molecule has 0 aliphatic rings. The molecular weight excluding hydrogens is 120 g/mol. The van der Waals surface area contributed by atoms with E-state index in [1.807, 2.05) is 0 Å². The van der Waals surface area contributed by atoms with Crippen LogP contribution in [0.15, 0.2) is 0 Å². The van der Waals surface area contributed by atoms with Crippen LogP contribution in [-0.4, -0.2) is 33.7 Å². The summed E-state index contributed by atoms with van der Waals surface area (Å²) in [6.07, 6.45) is 0.750. The molecule has 0 aliphatic heterocycles. The number of hydrogen-bond donors (Lipinski definition) is 0. The summed E-state index contributed by atoms with van der Waals surface area (Å²) in [5, 5.41) is 0. The highest BCUT2D eigenvalue weighted by molar-refractivity contribution is 5.44. The molecule has 3 nitrogen and oxygen atoms in total. The third kappa shape index (κ3) is 35.4. The highest BCUT2D eigenvalue weighted by Crippen LogP contribution is 1.65. The van der Waals surface area contributed by atoms with Gasteiger partial charge in [-0.05, 0) is 6.92 Å². The molecule has 56 valence electrons. The van der Waals surface area contributed by atoms with Crippen LogP contribution in [0, 0.1) is 0 Å². The Kier molecular flexibility index (Phi) is 19.8. The van der Waals surface area contributed by atoms with Gasteiger partial charge >= 0.3 is 0 Å². The van der Waals surface area contributed by atoms with Crippen molar-refractivity contribution in [3.8, 4) is 0 Å². The van der Waals surface area contributed by atoms with Crippen molar-refractivity contribution >= 4 is 6.29 Å². The van der Waals surface area contributed by atoms with E-state index in [1.54, 1.807) is 14.2 Å². The highest BCUT2D eigenvalue weighted by atomic mass is 16.5. The van der Waals surface area contributed by atoms with Crippen LogP contribution in [0.2, 0.25) is 0 Å². The summed E-state index contributed by atoms with van der Waals surface area (Å²) in [7, 11) is 3.30. The first-order valence-corrected chi connectivity index (χ1v) is 2.71. The molecule has 0 unspecified atom stereocenters. The fraction of sp³-hybridized carbons (Fsp3) is 0.833. The van der Waals surface area contributed by atoms with Gasteiger partial charge in [-0.1, -0.05) is 0 Å². The third-order valence-corrected chi connectivity index (χ3v) is 0.492. The molecule has 0 rings (SSSR count). The first-order chi connectivity index (χ1) is 4.33. The lowest BCUT2D eigenvalue weighted by Crippen LogP contribution is -1.96. The summed E-state index contributed by atoms with van der Waals surface area (Å²) in [6, 6.07) is 0. The van der Waals surface area contributed by atoms with Gasteiger partial charge in [-0.3, -0.25) is 0 Å². The van der Waals surface area contributed by atoms with E-state index in [0.717, 1.165) is 6.29 Å². The largest absolute Gasteiger partial charge is 0.382 e. The van der Waals surface area contributed by atoms with Gasteiger partial charge in [0.2, 0.25) is 0 Å². The maximum Gasteiger partial charge on any atom is 0.116 e. The zero-order valence-electron chi connectivity index (χ0n) is 6.22. The van der Waals surface area contributed by atoms with E-state index in [1.165, 1.54) is 6.92 Å². The second kappa shape index (κ2) is 15.6. The number of methoxy groups -OCH3 is 2. The number of carbonyl (C=O) groups is 1. The van der Waals surface area contributed by atoms with Crippen molar-refractivity contribution in [2.45, 2.75) is 6.92 Å². The topological polar surface area (TPSA) is 35.5 Å². The highest BCUT2D eigenvalue weighted by Gasteiger charge is 1.73. The first-order valence-electron chi connectivity index (χ1n) is 2.71. The van der Waals surface area contributed by atoms with Gasteiger partial charge in [0.05, 0.1) is 13.2 Å². The number of aldehydes is 1. The lowest BCUT2D eigenvalue weighted by molar-refractivity contribution is -0.106. The molecule has 0 aliphatic carbocycles. The average molecular weight is 134 g/mol. The van der Waals surface area contributed by atoms with Crippen LogP contribution >= 0.6 is 0 Å². The summed E-state index contributed by atoms with van der Waals surface area (Å²) in [5.74, 6) is 0. The standard InChI is InChI=1S/C4H10O2.C2H4O/c1-5-3-4-6-2;1-2-3/h3-4H2,1-2H3;2H,1H3. The van der Waals surface area contributed by atoms with Crippen molar-refractivity contribution < 1.29 is 14.3 Å². The quantitative estimate of drug-likeness (QED) is 0.416. The minimum atomic E-state index is 0.691. The normalized spacial score (nSPS) is 7.44. The van der Waals surface area contributed by atoms with Crippen molar-refractivity contribution in [1.29, 1.82) is 0 Å². The van der Waals surface area contributed by atoms with Crippen LogP contribution in [0.5, 0.6) is 0 Å². The van der Waals surface area contributed by atoms with Crippen LogP contribution in [-0.2, 0) is 14.3 Å². The van der Waals surface area contributed by atoms with Crippen molar-refractivity contribution in [1.82, 2.24) is 0 Å². The zero-order valence-corrected chi connectivity index (χ0v) is 6.22. The molecule has 0 bridgehead atoms. The van der Waals surface area contributed by atoms with Gasteiger partial charge in [-0.25, -0.2) is 0 Å². The molecule has 0 aromatic carbocycles. The minimum Gasteiger partial charge on any atom is -0.382 e. The third-order valence-electron chi connectivity index (χ3n) is 0.492. The van der Waals surface area contributed by atoms with E-state index >= 15 is 0 Å². The lowest BCUT2D eigenvalue weighted by Gasteiger charge is -1.91. The molecule has 0 aromatic rings. The number of hydrogen-bond acceptors (Lipinski definition) is 3. The maximum absolute atomic E-state index is 8.81. The number of rotatable bonds is 3. The smallest absolute Gasteiger partial charge is 0.116 e. The molecule has 0 amide bonds. The second-order valence-electron chi connectivity index (χ2n) is 1.22. The molecule has 0 radical (unpaired) electrons. The van der Waals surface area contributed by atoms with Gasteiger partial charge in [0, 0.05) is 14.2 Å². The summed E-state index contributed by atoms with van der Waals surface area (Å²) in [4.78, 5) is 8.81. The van der Waals surface area contributed by atoms with Crippen molar-refractivity contribution in [2.75, 3.05) is 27.4 Å². The van der Waals surface area contributed by atoms with Crippen LogP contribution in [0.3, 0.4) is 0 Å². The Labute approximate surface area is 56.0 Å². The van der Waals surface area contributed by atoms with Gasteiger partial charge in [0.15, 0.2) is 0 Å². The van der Waals surface area contributed by atoms with Gasteiger partial charge in [0.25, 0.3) is 0 Å². The molecule has 9 heavy (non-hydrogen) atoms. The van der Waals surface area contributed by atoms with Crippen molar-refractivity contribution in [2.24, 2.45) is 0 Å². The van der Waals surface area contributed by atoms with E-state index in [9.17, 15) is 0 Å². The summed E-state index contributed by atoms with van der Waals surface area (Å²) in [5.41, 5.74) is 0. The predicted molar refractivity (Wildman–Crippen MR) is 35.5 cm³/mol. The first kappa shape index (κ1) is 11.4. The summed E-state index contributed by atoms with van der Waals surface area (Å²) >= 11 is 0. The van der Waals surface area contributed by atoms with Gasteiger partial charge in [-0.15, -0.1) is 0 Å². The maximum atomic E-state index is 8.81. The Morgan fingerprint density at radius 3 is 1.56 bits per heavy atom. The average Bonchev–Trinajstić information content (AvgIpc) is 1.86. The fourth-order valence-electron chi connectivity index (χ4n) is 0.167. The van der Waals surface area contributed by atoms with Crippen molar-refractivity contribution in [3.63, 3.8) is 0 Å². The second-order valence-corrected chi connectivity index (χ2v) is 1.22. The van der Waals surface area contributed by atoms with Gasteiger partial charge in [-0.2, -0.15) is 0 Å². The zero-order chi connectivity index (χ0) is 7.54. The SMILES string of the molecule is CC=O.COCCOC. The Bertz CT molecular complexity index is 41.6. The van der Waals surface area contributed by atoms with E-state index in [-0.39, 0.29) is 0 Å². The fourth-order valence-corrected chi connectivity index (χ4v) is 0.167. The van der Waals surface area contributed by atoms with Crippen LogP contribution in [0.25, 0.3) is 0 Å². The molecule has 0 saturated carbocycles. The molecule has 0 aromatic heterocycles. The summed E-state index contributed by atoms with van der Waals surface area (Å²) in [6.45, 7) is 2.83. The van der Waals surface area contributed by atoms with Crippen LogP contribution in [0.1, 0.15) is 6.92 Å². The minimum absolute atomic E-state index is 0.691. The molecule has 0 spiro atoms. The predicted octanol–water partition coefficient (Wildman–Crippen LogP) is 0.484. The Hall–Kier alpha value is -0.410. The lowest BCUT2D eigenvalue weighted by atomic mass is 10.8. The Morgan fingerprint density at radius 1 is 1.22 bits per heavy atom. The van der Waals surface area contributed by atoms with E-state index in [0.29, 0.717) is 13.2 Å². The molecular formula is C6H14O3. The molecule has 0 saturated heterocycles. The molecule has 0 fully saturated rings. The number of ether oxygens (including phenoxy) is 2. The van der Waals surface area contributed by atoms with Gasteiger partial charge in [0.1, 0.15) is 6.29 Å². The van der Waals surface area contributed by atoms with Crippen LogP contribution < -0.4 is 0 Å². The summed E-state index contributed by atoms with van der Waals surface area (Å²) < 4.78 is 9.31. The number of carbonyl (C=O) groups excluding carboxylic acids is 1. The molecule has 0 N–H and O–H groups in total. The Morgan fingerprint density at radius 2 is 1.44 bits per heavy atom. The monoisotopic (exact) mass is 134 g/mol. The van der Waals surface area contributed by atoms with E-state index in [4.69, 9.17) is 4.79 Å². The molecule has 0 heterocycles. The van der Waals surface area contributed by atoms with Crippen LogP contribution in [0.4, 0.5) is 0 Å². The van der Waals surface area contributed by atoms with E-state index in [2.05, 4.69) is 9.47 Å². The van der Waals surface area contributed by atoms with Gasteiger partial charge < -0.3 is 14.3 Å². The molecule has 3 heteroatoms. The van der Waals surface area contributed by atoms with E-state index < -0.39 is 0 Å². The van der Waals surface area contributed by atoms with Crippen molar-refractivity contribution in [3.05, 3.63) is 0 Å². The Balaban J connectivity index is 0. The molecule has 0 atom stereocenters.